The van der Waals surface area contributed by atoms with E-state index in [2.05, 4.69) is 78.4 Å². The van der Waals surface area contributed by atoms with Gasteiger partial charge in [-0.3, -0.25) is 9.59 Å². The standard InChI is InChI=1S/C23H21N3O.C13H12N2.C10H10INO/c1-3-12-26-21-14-16(2)6-11-19(21)20(15-24)23(26)17-7-9-18(10-8-17)25-13-4-5-22(25)27;1-3-6-15-9-11(8-14)12-5-4-10(2)7-13(12)15;11-8-3-5-9(6-4-8)12-7-1-2-10(12)13/h3,6-11,14H,1,4-5,12-13H2,2H3;3-5,7,9H,1,6H2,2H3;3-6H,1-2,7H2. The molecule has 9 heteroatoms. The summed E-state index contributed by atoms with van der Waals surface area (Å²) < 4.78 is 5.39. The van der Waals surface area contributed by atoms with Gasteiger partial charge < -0.3 is 18.9 Å². The van der Waals surface area contributed by atoms with Crippen LogP contribution in [0.1, 0.15) is 47.9 Å². The Morgan fingerprint density at radius 3 is 1.76 bits per heavy atom. The van der Waals surface area contributed by atoms with Gasteiger partial charge in [0.15, 0.2) is 0 Å². The number of amides is 2. The molecule has 55 heavy (non-hydrogen) atoms. The zero-order valence-electron chi connectivity index (χ0n) is 31.3. The van der Waals surface area contributed by atoms with Gasteiger partial charge in [-0.1, -0.05) is 48.6 Å². The molecule has 2 amide bonds. The average molecular weight is 839 g/mol. The highest BCUT2D eigenvalue weighted by molar-refractivity contribution is 14.1. The predicted octanol–water partition coefficient (Wildman–Crippen LogP) is 10.2. The van der Waals surface area contributed by atoms with Crippen LogP contribution in [0.3, 0.4) is 0 Å². The average Bonchev–Trinajstić information content (AvgIpc) is 3.97. The molecule has 0 aliphatic carbocycles. The van der Waals surface area contributed by atoms with Crippen LogP contribution in [-0.4, -0.2) is 34.0 Å². The van der Waals surface area contributed by atoms with Crippen molar-refractivity contribution in [1.82, 2.24) is 9.13 Å². The zero-order chi connectivity index (χ0) is 39.1. The number of anilines is 2. The Hall–Kier alpha value is -5.91. The second-order valence-electron chi connectivity index (χ2n) is 13.7. The molecular weight excluding hydrogens is 795 g/mol. The summed E-state index contributed by atoms with van der Waals surface area (Å²) in [5.74, 6) is 0.429. The maximum Gasteiger partial charge on any atom is 0.227 e. The van der Waals surface area contributed by atoms with E-state index >= 15 is 0 Å². The van der Waals surface area contributed by atoms with E-state index in [0.29, 0.717) is 24.9 Å². The largest absolute Gasteiger partial charge is 0.342 e. The van der Waals surface area contributed by atoms with Crippen LogP contribution in [0.15, 0.2) is 116 Å². The van der Waals surface area contributed by atoms with E-state index in [1.165, 1.54) is 9.13 Å². The lowest BCUT2D eigenvalue weighted by Gasteiger charge is -2.16. The molecule has 2 aliphatic rings. The number of hydrogen-bond acceptors (Lipinski definition) is 4. The number of nitriles is 2. The monoisotopic (exact) mass is 838 g/mol. The first-order chi connectivity index (χ1) is 26.7. The molecule has 0 atom stereocenters. The van der Waals surface area contributed by atoms with Crippen LogP contribution in [0.4, 0.5) is 11.4 Å². The fraction of sp³-hybridized carbons (Fsp3) is 0.217. The molecule has 276 valence electrons. The molecule has 0 unspecified atom stereocenters. The Morgan fingerprint density at radius 2 is 1.25 bits per heavy atom. The lowest BCUT2D eigenvalue weighted by molar-refractivity contribution is -0.117. The number of benzene rings is 4. The lowest BCUT2D eigenvalue weighted by atomic mass is 10.0. The molecule has 0 N–H and O–H groups in total. The summed E-state index contributed by atoms with van der Waals surface area (Å²) in [6.45, 7) is 14.7. The van der Waals surface area contributed by atoms with Crippen molar-refractivity contribution in [1.29, 1.82) is 10.5 Å². The van der Waals surface area contributed by atoms with Gasteiger partial charge in [-0.25, -0.2) is 0 Å². The minimum atomic E-state index is 0.178. The van der Waals surface area contributed by atoms with Gasteiger partial charge in [0.05, 0.1) is 22.3 Å². The zero-order valence-corrected chi connectivity index (χ0v) is 33.4. The Morgan fingerprint density at radius 1 is 0.709 bits per heavy atom. The van der Waals surface area contributed by atoms with Crippen molar-refractivity contribution in [2.24, 2.45) is 0 Å². The number of carbonyl (C=O) groups is 2. The number of aryl methyl sites for hydroxylation is 2. The normalized spacial score (nSPS) is 13.5. The third-order valence-corrected chi connectivity index (χ3v) is 10.6. The third kappa shape index (κ3) is 8.43. The topological polar surface area (TPSA) is 98.1 Å². The fourth-order valence-corrected chi connectivity index (χ4v) is 7.59. The second kappa shape index (κ2) is 17.5. The first kappa shape index (κ1) is 38.8. The molecule has 2 fully saturated rings. The maximum atomic E-state index is 12.0. The van der Waals surface area contributed by atoms with Crippen LogP contribution in [0.25, 0.3) is 33.1 Å². The van der Waals surface area contributed by atoms with Crippen molar-refractivity contribution in [3.8, 4) is 23.4 Å². The number of halogens is 1. The van der Waals surface area contributed by atoms with Crippen molar-refractivity contribution in [2.75, 3.05) is 22.9 Å². The van der Waals surface area contributed by atoms with E-state index in [0.717, 1.165) is 88.0 Å². The Balaban J connectivity index is 0.000000155. The SMILES string of the molecule is C=CCn1c(-c2ccc(N3CCCC3=O)cc2)c(C#N)c2ccc(C)cc21.C=CCn1cc(C#N)c2ccc(C)cc21.O=C1CCCN1c1ccc(I)cc1. The predicted molar refractivity (Wildman–Crippen MR) is 231 cm³/mol. The summed E-state index contributed by atoms with van der Waals surface area (Å²) in [6, 6.07) is 32.9. The molecule has 4 heterocycles. The number of hydrogen-bond donors (Lipinski definition) is 0. The van der Waals surface area contributed by atoms with E-state index in [-0.39, 0.29) is 11.8 Å². The van der Waals surface area contributed by atoms with Crippen LogP contribution in [-0.2, 0) is 22.7 Å². The Kier molecular flexibility index (Phi) is 12.3. The number of allylic oxidation sites excluding steroid dienone is 2. The lowest BCUT2D eigenvalue weighted by Crippen LogP contribution is -2.23. The summed E-state index contributed by atoms with van der Waals surface area (Å²) >= 11 is 2.26. The van der Waals surface area contributed by atoms with Crippen LogP contribution in [0.2, 0.25) is 0 Å². The summed E-state index contributed by atoms with van der Waals surface area (Å²) in [6.07, 6.45) is 8.79. The van der Waals surface area contributed by atoms with Gasteiger partial charge in [-0.2, -0.15) is 10.5 Å². The van der Waals surface area contributed by atoms with Crippen molar-refractivity contribution in [3.63, 3.8) is 0 Å². The van der Waals surface area contributed by atoms with Crippen LogP contribution < -0.4 is 9.80 Å². The highest BCUT2D eigenvalue weighted by atomic mass is 127. The van der Waals surface area contributed by atoms with Crippen molar-refractivity contribution in [3.05, 3.63) is 142 Å². The first-order valence-corrected chi connectivity index (χ1v) is 19.5. The van der Waals surface area contributed by atoms with E-state index in [9.17, 15) is 14.9 Å². The van der Waals surface area contributed by atoms with Crippen molar-refractivity contribution >= 4 is 67.6 Å². The van der Waals surface area contributed by atoms with E-state index in [4.69, 9.17) is 5.26 Å². The Bertz CT molecular complexity index is 2480. The van der Waals surface area contributed by atoms with Gasteiger partial charge in [-0.05, 0) is 115 Å². The molecular formula is C46H43IN6O2. The molecule has 6 aromatic rings. The van der Waals surface area contributed by atoms with E-state index < -0.39 is 0 Å². The van der Waals surface area contributed by atoms with Crippen molar-refractivity contribution in [2.45, 2.75) is 52.6 Å². The summed E-state index contributed by atoms with van der Waals surface area (Å²) in [5.41, 5.74) is 9.73. The highest BCUT2D eigenvalue weighted by Gasteiger charge is 2.23. The number of carbonyl (C=O) groups excluding carboxylic acids is 2. The van der Waals surface area contributed by atoms with Crippen molar-refractivity contribution < 1.29 is 9.59 Å². The third-order valence-electron chi connectivity index (χ3n) is 9.87. The minimum absolute atomic E-state index is 0.178. The van der Waals surface area contributed by atoms with E-state index in [1.54, 1.807) is 0 Å². The molecule has 8 rings (SSSR count). The van der Waals surface area contributed by atoms with Gasteiger partial charge in [0.25, 0.3) is 0 Å². The van der Waals surface area contributed by atoms with Gasteiger partial charge in [0, 0.05) is 76.5 Å². The molecule has 0 saturated carbocycles. The number of aromatic nitrogens is 2. The highest BCUT2D eigenvalue weighted by Crippen LogP contribution is 2.35. The second-order valence-corrected chi connectivity index (χ2v) is 14.9. The van der Waals surface area contributed by atoms with E-state index in [1.807, 2.05) is 106 Å². The summed E-state index contributed by atoms with van der Waals surface area (Å²) in [5, 5.41) is 20.8. The molecule has 2 aromatic heterocycles. The fourth-order valence-electron chi connectivity index (χ4n) is 7.24. The molecule has 0 bridgehead atoms. The summed E-state index contributed by atoms with van der Waals surface area (Å²) in [7, 11) is 0. The number of fused-ring (bicyclic) bond motifs is 2. The Labute approximate surface area is 336 Å². The first-order valence-electron chi connectivity index (χ1n) is 18.4. The number of rotatable bonds is 7. The minimum Gasteiger partial charge on any atom is -0.342 e. The molecule has 2 saturated heterocycles. The molecule has 0 radical (unpaired) electrons. The van der Waals surface area contributed by atoms with Crippen LogP contribution in [0, 0.1) is 40.1 Å². The quantitative estimate of drug-likeness (QED) is 0.118. The molecule has 2 aliphatic heterocycles. The van der Waals surface area contributed by atoms with Crippen LogP contribution >= 0.6 is 22.6 Å². The van der Waals surface area contributed by atoms with Gasteiger partial charge in [0.1, 0.15) is 12.1 Å². The maximum absolute atomic E-state index is 12.0. The van der Waals surface area contributed by atoms with Crippen LogP contribution in [0.5, 0.6) is 0 Å². The van der Waals surface area contributed by atoms with Gasteiger partial charge >= 0.3 is 0 Å². The number of nitrogens with zero attached hydrogens (tertiary/aromatic N) is 6. The van der Waals surface area contributed by atoms with Gasteiger partial charge in [-0.15, -0.1) is 13.2 Å². The summed E-state index contributed by atoms with van der Waals surface area (Å²) in [4.78, 5) is 27.1. The molecule has 4 aromatic carbocycles. The van der Waals surface area contributed by atoms with Gasteiger partial charge in [0.2, 0.25) is 11.8 Å². The smallest absolute Gasteiger partial charge is 0.227 e. The molecule has 8 nitrogen and oxygen atoms in total. The molecule has 0 spiro atoms.